The Hall–Kier alpha value is -2.57. The van der Waals surface area contributed by atoms with Crippen LogP contribution in [0.25, 0.3) is 11.3 Å². The minimum absolute atomic E-state index is 0.114. The zero-order chi connectivity index (χ0) is 11.7. The van der Waals surface area contributed by atoms with Crippen LogP contribution in [0, 0.1) is 0 Å². The van der Waals surface area contributed by atoms with E-state index in [1.165, 1.54) is 6.20 Å². The number of pyridine rings is 1. The van der Waals surface area contributed by atoms with Crippen LogP contribution < -0.4 is 5.73 Å². The molecule has 0 radical (unpaired) electrons. The van der Waals surface area contributed by atoms with Crippen molar-refractivity contribution < 1.29 is 15.0 Å². The molecule has 2 heterocycles. The second kappa shape index (κ2) is 3.54. The van der Waals surface area contributed by atoms with E-state index in [0.717, 1.165) is 0 Å². The normalized spacial score (nSPS) is 10.2. The zero-order valence-corrected chi connectivity index (χ0v) is 8.03. The predicted molar refractivity (Wildman–Crippen MR) is 55.0 cm³/mol. The molecule has 0 atom stereocenters. The van der Waals surface area contributed by atoms with Gasteiger partial charge in [0.05, 0.1) is 5.69 Å². The predicted octanol–water partition coefficient (Wildman–Crippen LogP) is 0.759. The van der Waals surface area contributed by atoms with E-state index in [1.807, 2.05) is 0 Å². The number of hydrogen-bond acceptors (Lipinski definition) is 5. The van der Waals surface area contributed by atoms with Crippen molar-refractivity contribution in [3.63, 3.8) is 0 Å². The van der Waals surface area contributed by atoms with Gasteiger partial charge in [0.15, 0.2) is 0 Å². The first-order valence-electron chi connectivity index (χ1n) is 4.33. The molecule has 0 amide bonds. The van der Waals surface area contributed by atoms with Crippen LogP contribution in [-0.4, -0.2) is 31.1 Å². The Labute approximate surface area is 89.8 Å². The average Bonchev–Trinajstić information content (AvgIpc) is 2.56. The first-order valence-corrected chi connectivity index (χ1v) is 4.33. The van der Waals surface area contributed by atoms with Crippen LogP contribution in [0.2, 0.25) is 0 Å². The summed E-state index contributed by atoms with van der Waals surface area (Å²) >= 11 is 0. The molecule has 7 nitrogen and oxygen atoms in total. The number of aromatic nitrogens is 3. The van der Waals surface area contributed by atoms with Crippen LogP contribution >= 0.6 is 0 Å². The number of carbonyl (C=O) groups is 1. The molecule has 2 aromatic rings. The van der Waals surface area contributed by atoms with Crippen LogP contribution in [0.5, 0.6) is 5.88 Å². The Bertz CT molecular complexity index is 535. The molecule has 0 aliphatic carbocycles. The van der Waals surface area contributed by atoms with Crippen molar-refractivity contribution >= 4 is 11.9 Å². The van der Waals surface area contributed by atoms with Crippen LogP contribution in [0.3, 0.4) is 0 Å². The first kappa shape index (κ1) is 9.97. The number of aromatic hydroxyl groups is 1. The van der Waals surface area contributed by atoms with Crippen molar-refractivity contribution in [3.8, 4) is 17.1 Å². The molecule has 0 saturated heterocycles. The van der Waals surface area contributed by atoms with E-state index in [9.17, 15) is 9.90 Å². The van der Waals surface area contributed by atoms with Gasteiger partial charge in [0.1, 0.15) is 11.4 Å². The SMILES string of the molecule is Nc1c(-c2ccccn2)c(O)nn1C(=O)O. The maximum atomic E-state index is 10.7. The van der Waals surface area contributed by atoms with E-state index < -0.39 is 12.0 Å². The molecule has 2 rings (SSSR count). The van der Waals surface area contributed by atoms with Crippen LogP contribution in [-0.2, 0) is 0 Å². The van der Waals surface area contributed by atoms with Gasteiger partial charge in [0.25, 0.3) is 0 Å². The molecule has 0 bridgehead atoms. The summed E-state index contributed by atoms with van der Waals surface area (Å²) in [4.78, 5) is 14.7. The van der Waals surface area contributed by atoms with Gasteiger partial charge in [0, 0.05) is 6.20 Å². The van der Waals surface area contributed by atoms with Crippen LogP contribution in [0.15, 0.2) is 24.4 Å². The third kappa shape index (κ3) is 1.44. The minimum atomic E-state index is -1.37. The van der Waals surface area contributed by atoms with Crippen LogP contribution in [0.4, 0.5) is 10.6 Å². The number of rotatable bonds is 1. The highest BCUT2D eigenvalue weighted by Gasteiger charge is 2.20. The molecule has 4 N–H and O–H groups in total. The number of nitrogens with two attached hydrogens (primary N) is 1. The first-order chi connectivity index (χ1) is 7.61. The smallest absolute Gasteiger partial charge is 0.434 e. The lowest BCUT2D eigenvalue weighted by Crippen LogP contribution is -2.12. The summed E-state index contributed by atoms with van der Waals surface area (Å²) in [6.45, 7) is 0. The largest absolute Gasteiger partial charge is 0.492 e. The summed E-state index contributed by atoms with van der Waals surface area (Å²) in [6.07, 6.45) is 0.141. The molecule has 0 aliphatic rings. The average molecular weight is 220 g/mol. The van der Waals surface area contributed by atoms with Gasteiger partial charge in [-0.3, -0.25) is 4.98 Å². The number of nitrogens with zero attached hydrogens (tertiary/aromatic N) is 3. The third-order valence-corrected chi connectivity index (χ3v) is 2.00. The second-order valence-electron chi connectivity index (χ2n) is 2.99. The maximum Gasteiger partial charge on any atom is 0.434 e. The molecular formula is C9H8N4O3. The lowest BCUT2D eigenvalue weighted by molar-refractivity contribution is 0.192. The second-order valence-corrected chi connectivity index (χ2v) is 2.99. The van der Waals surface area contributed by atoms with Gasteiger partial charge >= 0.3 is 6.09 Å². The fourth-order valence-electron chi connectivity index (χ4n) is 1.32. The molecule has 0 aliphatic heterocycles. The van der Waals surface area contributed by atoms with Crippen molar-refractivity contribution in [2.45, 2.75) is 0 Å². The summed E-state index contributed by atoms with van der Waals surface area (Å²) in [5.74, 6) is -0.623. The van der Waals surface area contributed by atoms with E-state index in [1.54, 1.807) is 18.2 Å². The van der Waals surface area contributed by atoms with Gasteiger partial charge in [0.2, 0.25) is 5.88 Å². The summed E-state index contributed by atoms with van der Waals surface area (Å²) in [5.41, 5.74) is 6.04. The van der Waals surface area contributed by atoms with Crippen molar-refractivity contribution in [1.29, 1.82) is 0 Å². The van der Waals surface area contributed by atoms with Gasteiger partial charge in [-0.1, -0.05) is 6.07 Å². The summed E-state index contributed by atoms with van der Waals surface area (Å²) in [6, 6.07) is 4.98. The van der Waals surface area contributed by atoms with Gasteiger partial charge in [-0.05, 0) is 12.1 Å². The molecule has 7 heteroatoms. The molecule has 16 heavy (non-hydrogen) atoms. The third-order valence-electron chi connectivity index (χ3n) is 2.00. The fraction of sp³-hybridized carbons (Fsp3) is 0. The van der Waals surface area contributed by atoms with Gasteiger partial charge < -0.3 is 15.9 Å². The van der Waals surface area contributed by atoms with Gasteiger partial charge in [-0.2, -0.15) is 0 Å². The highest BCUT2D eigenvalue weighted by Crippen LogP contribution is 2.32. The molecule has 0 aromatic carbocycles. The molecule has 82 valence electrons. The maximum absolute atomic E-state index is 10.7. The van der Waals surface area contributed by atoms with E-state index in [-0.39, 0.29) is 11.4 Å². The lowest BCUT2D eigenvalue weighted by atomic mass is 10.2. The van der Waals surface area contributed by atoms with Gasteiger partial charge in [-0.15, -0.1) is 9.78 Å². The molecule has 0 saturated carbocycles. The number of carboxylic acid groups (broad SMARTS) is 1. The Kier molecular flexibility index (Phi) is 2.20. The topological polar surface area (TPSA) is 114 Å². The van der Waals surface area contributed by atoms with Gasteiger partial charge in [-0.25, -0.2) is 4.79 Å². The summed E-state index contributed by atoms with van der Waals surface area (Å²) in [5, 5.41) is 21.6. The zero-order valence-electron chi connectivity index (χ0n) is 8.03. The number of nitrogen functional groups attached to an aromatic ring is 1. The Balaban J connectivity index is 2.63. The standard InChI is InChI=1S/C9H8N4O3/c10-7-6(5-3-1-2-4-11-5)8(14)12-13(7)9(15)16/h1-4H,10H2,(H,12,14)(H,15,16). The molecule has 2 aromatic heterocycles. The van der Waals surface area contributed by atoms with Crippen molar-refractivity contribution in [3.05, 3.63) is 24.4 Å². The quantitative estimate of drug-likeness (QED) is 0.653. The Morgan fingerprint density at radius 2 is 2.19 bits per heavy atom. The van der Waals surface area contributed by atoms with Crippen molar-refractivity contribution in [1.82, 2.24) is 14.8 Å². The Morgan fingerprint density at radius 3 is 2.69 bits per heavy atom. The van der Waals surface area contributed by atoms with Crippen molar-refractivity contribution in [2.24, 2.45) is 0 Å². The van der Waals surface area contributed by atoms with Crippen LogP contribution in [0.1, 0.15) is 0 Å². The highest BCUT2D eigenvalue weighted by molar-refractivity contribution is 5.83. The van der Waals surface area contributed by atoms with E-state index in [2.05, 4.69) is 10.1 Å². The van der Waals surface area contributed by atoms with E-state index in [4.69, 9.17) is 10.8 Å². The van der Waals surface area contributed by atoms with E-state index in [0.29, 0.717) is 10.4 Å². The van der Waals surface area contributed by atoms with E-state index >= 15 is 0 Å². The fourth-order valence-corrected chi connectivity index (χ4v) is 1.32. The highest BCUT2D eigenvalue weighted by atomic mass is 16.4. The molecule has 0 spiro atoms. The molecule has 0 fully saturated rings. The number of hydrogen-bond donors (Lipinski definition) is 3. The summed E-state index contributed by atoms with van der Waals surface area (Å²) in [7, 11) is 0. The monoisotopic (exact) mass is 220 g/mol. The molecule has 0 unspecified atom stereocenters. The lowest BCUT2D eigenvalue weighted by Gasteiger charge is -1.99. The van der Waals surface area contributed by atoms with Crippen molar-refractivity contribution in [2.75, 3.05) is 5.73 Å². The Morgan fingerprint density at radius 1 is 1.44 bits per heavy atom. The summed E-state index contributed by atoms with van der Waals surface area (Å²) < 4.78 is 0.499. The molecular weight excluding hydrogens is 212 g/mol. The minimum Gasteiger partial charge on any atom is -0.492 e. The number of anilines is 1.